The molecule has 0 saturated heterocycles. The normalized spacial score (nSPS) is 11.1. The number of anilines is 1. The van der Waals surface area contributed by atoms with Crippen molar-refractivity contribution >= 4 is 44.9 Å². The summed E-state index contributed by atoms with van der Waals surface area (Å²) in [6, 6.07) is 9.79. The highest BCUT2D eigenvalue weighted by molar-refractivity contribution is 7.98. The summed E-state index contributed by atoms with van der Waals surface area (Å²) in [6.45, 7) is 4.18. The zero-order valence-electron chi connectivity index (χ0n) is 16.4. The monoisotopic (exact) mass is 415 g/mol. The maximum Gasteiger partial charge on any atom is 0.263 e. The smallest absolute Gasteiger partial charge is 0.263 e. The minimum absolute atomic E-state index is 0.0488. The zero-order chi connectivity index (χ0) is 20.1. The van der Waals surface area contributed by atoms with Crippen LogP contribution >= 0.6 is 23.1 Å². The van der Waals surface area contributed by atoms with Gasteiger partial charge in [0.1, 0.15) is 11.4 Å². The Morgan fingerprint density at radius 2 is 2.00 bits per heavy atom. The van der Waals surface area contributed by atoms with Crippen LogP contribution in [0.5, 0.6) is 0 Å². The SMILES string of the molecule is CCCCc1ccc(NC(=O)Cn2c(SC)nc3sc(CC)cc3c2=O)cc1. The molecule has 28 heavy (non-hydrogen) atoms. The Hall–Kier alpha value is -2.12. The number of hydrogen-bond donors (Lipinski definition) is 1. The first-order chi connectivity index (χ1) is 13.5. The number of amides is 1. The fraction of sp³-hybridized carbons (Fsp3) is 0.381. The molecule has 0 atom stereocenters. The number of nitrogens with zero attached hydrogens (tertiary/aromatic N) is 2. The van der Waals surface area contributed by atoms with Gasteiger partial charge in [-0.2, -0.15) is 0 Å². The third-order valence-electron chi connectivity index (χ3n) is 4.56. The van der Waals surface area contributed by atoms with E-state index in [9.17, 15) is 9.59 Å². The van der Waals surface area contributed by atoms with Crippen LogP contribution in [-0.2, 0) is 24.2 Å². The largest absolute Gasteiger partial charge is 0.325 e. The third kappa shape index (κ3) is 4.64. The first-order valence-corrected chi connectivity index (χ1v) is 11.6. The summed E-state index contributed by atoms with van der Waals surface area (Å²) < 4.78 is 1.46. The highest BCUT2D eigenvalue weighted by Crippen LogP contribution is 2.24. The van der Waals surface area contributed by atoms with E-state index in [2.05, 4.69) is 24.1 Å². The van der Waals surface area contributed by atoms with Gasteiger partial charge in [0.25, 0.3) is 5.56 Å². The van der Waals surface area contributed by atoms with E-state index in [1.54, 1.807) is 0 Å². The predicted molar refractivity (Wildman–Crippen MR) is 119 cm³/mol. The maximum absolute atomic E-state index is 12.9. The van der Waals surface area contributed by atoms with Gasteiger partial charge in [-0.05, 0) is 49.3 Å². The molecule has 0 saturated carbocycles. The summed E-state index contributed by atoms with van der Waals surface area (Å²) in [4.78, 5) is 31.9. The van der Waals surface area contributed by atoms with E-state index < -0.39 is 0 Å². The van der Waals surface area contributed by atoms with Crippen molar-refractivity contribution in [2.45, 2.75) is 51.2 Å². The summed E-state index contributed by atoms with van der Waals surface area (Å²) in [5, 5.41) is 4.04. The van der Waals surface area contributed by atoms with Crippen molar-refractivity contribution in [2.24, 2.45) is 0 Å². The Kier molecular flexibility index (Phi) is 6.91. The molecule has 148 valence electrons. The van der Waals surface area contributed by atoms with Gasteiger partial charge in [0.15, 0.2) is 5.16 Å². The van der Waals surface area contributed by atoms with Crippen LogP contribution in [0.3, 0.4) is 0 Å². The molecule has 2 aromatic heterocycles. The van der Waals surface area contributed by atoms with E-state index in [4.69, 9.17) is 0 Å². The number of benzene rings is 1. The lowest BCUT2D eigenvalue weighted by Gasteiger charge is -2.11. The van der Waals surface area contributed by atoms with Gasteiger partial charge in [0, 0.05) is 10.6 Å². The predicted octanol–water partition coefficient (Wildman–Crippen LogP) is 4.72. The molecule has 2 heterocycles. The molecule has 0 fully saturated rings. The van der Waals surface area contributed by atoms with E-state index in [-0.39, 0.29) is 18.0 Å². The van der Waals surface area contributed by atoms with E-state index in [0.717, 1.165) is 41.1 Å². The van der Waals surface area contributed by atoms with E-state index in [0.29, 0.717) is 10.5 Å². The summed E-state index contributed by atoms with van der Waals surface area (Å²) in [7, 11) is 0. The molecule has 1 N–H and O–H groups in total. The van der Waals surface area contributed by atoms with Gasteiger partial charge in [-0.15, -0.1) is 11.3 Å². The molecule has 0 aliphatic carbocycles. The first kappa shape index (κ1) is 20.6. The molecule has 0 bridgehead atoms. The van der Waals surface area contributed by atoms with E-state index in [1.165, 1.54) is 33.2 Å². The Morgan fingerprint density at radius 3 is 2.64 bits per heavy atom. The lowest BCUT2D eigenvalue weighted by molar-refractivity contribution is -0.116. The molecule has 0 aliphatic rings. The lowest BCUT2D eigenvalue weighted by Crippen LogP contribution is -2.29. The van der Waals surface area contributed by atoms with Gasteiger partial charge < -0.3 is 5.32 Å². The number of aromatic nitrogens is 2. The van der Waals surface area contributed by atoms with E-state index in [1.807, 2.05) is 36.6 Å². The van der Waals surface area contributed by atoms with Crippen LogP contribution in [-0.4, -0.2) is 21.7 Å². The first-order valence-electron chi connectivity index (χ1n) is 9.51. The summed E-state index contributed by atoms with van der Waals surface area (Å²) in [5.41, 5.74) is 1.84. The average molecular weight is 416 g/mol. The Morgan fingerprint density at radius 1 is 1.25 bits per heavy atom. The van der Waals surface area contributed by atoms with Crippen molar-refractivity contribution in [1.82, 2.24) is 9.55 Å². The molecular formula is C21H25N3O2S2. The second-order valence-corrected chi connectivity index (χ2v) is 8.51. The fourth-order valence-electron chi connectivity index (χ4n) is 3.00. The van der Waals surface area contributed by atoms with Crippen molar-refractivity contribution in [2.75, 3.05) is 11.6 Å². The number of carbonyl (C=O) groups is 1. The summed E-state index contributed by atoms with van der Waals surface area (Å²) in [6.07, 6.45) is 6.09. The Bertz CT molecular complexity index is 1020. The summed E-state index contributed by atoms with van der Waals surface area (Å²) in [5.74, 6) is -0.231. The fourth-order valence-corrected chi connectivity index (χ4v) is 4.56. The third-order valence-corrected chi connectivity index (χ3v) is 6.41. The quantitative estimate of drug-likeness (QED) is 0.427. The van der Waals surface area contributed by atoms with Crippen LogP contribution in [0, 0.1) is 0 Å². The minimum atomic E-state index is -0.231. The number of carbonyl (C=O) groups excluding carboxylic acids is 1. The maximum atomic E-state index is 12.9. The van der Waals surface area contributed by atoms with Crippen molar-refractivity contribution in [3.8, 4) is 0 Å². The molecule has 0 radical (unpaired) electrons. The number of thiophene rings is 1. The number of thioether (sulfide) groups is 1. The molecule has 3 rings (SSSR count). The van der Waals surface area contributed by atoms with Crippen molar-refractivity contribution < 1.29 is 4.79 Å². The highest BCUT2D eigenvalue weighted by Gasteiger charge is 2.16. The van der Waals surface area contributed by atoms with Crippen LogP contribution in [0.2, 0.25) is 0 Å². The summed E-state index contributed by atoms with van der Waals surface area (Å²) >= 11 is 2.92. The van der Waals surface area contributed by atoms with Gasteiger partial charge in [-0.3, -0.25) is 14.2 Å². The number of hydrogen-bond acceptors (Lipinski definition) is 5. The minimum Gasteiger partial charge on any atom is -0.325 e. The molecule has 1 aromatic carbocycles. The van der Waals surface area contributed by atoms with E-state index >= 15 is 0 Å². The van der Waals surface area contributed by atoms with Crippen LogP contribution in [0.1, 0.15) is 37.1 Å². The Balaban J connectivity index is 1.78. The second-order valence-electron chi connectivity index (χ2n) is 6.62. The molecule has 0 unspecified atom stereocenters. The second kappa shape index (κ2) is 9.39. The number of nitrogens with one attached hydrogen (secondary N) is 1. The molecule has 0 spiro atoms. The topological polar surface area (TPSA) is 64.0 Å². The standard InChI is InChI=1S/C21H25N3O2S2/c1-4-6-7-14-8-10-15(11-9-14)22-18(25)13-24-20(26)17-12-16(5-2)28-19(17)23-21(24)27-3/h8-12H,4-7,13H2,1-3H3,(H,22,25). The number of rotatable bonds is 8. The van der Waals surface area contributed by atoms with Crippen molar-refractivity contribution in [1.29, 1.82) is 0 Å². The van der Waals surface area contributed by atoms with Gasteiger partial charge in [0.2, 0.25) is 5.91 Å². The molecule has 5 nitrogen and oxygen atoms in total. The average Bonchev–Trinajstić information content (AvgIpc) is 3.13. The molecule has 0 aliphatic heterocycles. The highest BCUT2D eigenvalue weighted by atomic mass is 32.2. The van der Waals surface area contributed by atoms with Crippen LogP contribution < -0.4 is 10.9 Å². The molecule has 1 amide bonds. The molecule has 7 heteroatoms. The number of fused-ring (bicyclic) bond motifs is 1. The lowest BCUT2D eigenvalue weighted by atomic mass is 10.1. The van der Waals surface area contributed by atoms with Gasteiger partial charge in [-0.1, -0.05) is 44.2 Å². The van der Waals surface area contributed by atoms with Crippen LogP contribution in [0.15, 0.2) is 40.3 Å². The van der Waals surface area contributed by atoms with Gasteiger partial charge in [0.05, 0.1) is 5.39 Å². The van der Waals surface area contributed by atoms with Crippen molar-refractivity contribution in [3.63, 3.8) is 0 Å². The van der Waals surface area contributed by atoms with Crippen LogP contribution in [0.25, 0.3) is 10.2 Å². The van der Waals surface area contributed by atoms with Gasteiger partial charge >= 0.3 is 0 Å². The van der Waals surface area contributed by atoms with Crippen molar-refractivity contribution in [3.05, 3.63) is 51.1 Å². The number of aryl methyl sites for hydroxylation is 2. The number of unbranched alkanes of at least 4 members (excludes halogenated alkanes) is 1. The Labute approximate surface area is 173 Å². The zero-order valence-corrected chi connectivity index (χ0v) is 18.1. The molecule has 3 aromatic rings. The van der Waals surface area contributed by atoms with Crippen LogP contribution in [0.4, 0.5) is 5.69 Å². The molecular weight excluding hydrogens is 390 g/mol. The van der Waals surface area contributed by atoms with Gasteiger partial charge in [-0.25, -0.2) is 4.98 Å².